The highest BCUT2D eigenvalue weighted by atomic mass is 32.1. The predicted octanol–water partition coefficient (Wildman–Crippen LogP) is 3.17. The standard InChI is InChI=1S/C10H19NSSi/c1-8-7-11-9(12-8)13(5,6)10(2,3)4/h7H,1-6H3. The van der Waals surface area contributed by atoms with Gasteiger partial charge in [-0.25, -0.2) is 0 Å². The fourth-order valence-corrected chi connectivity index (χ4v) is 4.93. The van der Waals surface area contributed by atoms with Gasteiger partial charge in [-0.3, -0.25) is 4.98 Å². The van der Waals surface area contributed by atoms with Gasteiger partial charge in [0.2, 0.25) is 0 Å². The Morgan fingerprint density at radius 2 is 1.85 bits per heavy atom. The lowest BCUT2D eigenvalue weighted by atomic mass is 10.2. The van der Waals surface area contributed by atoms with Crippen LogP contribution in [0.2, 0.25) is 18.1 Å². The van der Waals surface area contributed by atoms with E-state index in [1.165, 1.54) is 9.51 Å². The molecule has 0 radical (unpaired) electrons. The van der Waals surface area contributed by atoms with E-state index in [1.54, 1.807) is 0 Å². The molecular weight excluding hydrogens is 194 g/mol. The average Bonchev–Trinajstić information content (AvgIpc) is 2.33. The summed E-state index contributed by atoms with van der Waals surface area (Å²) in [7, 11) is -1.35. The second-order valence-electron chi connectivity index (χ2n) is 5.15. The molecule has 0 aliphatic carbocycles. The molecule has 0 aliphatic heterocycles. The number of hydrogen-bond donors (Lipinski definition) is 0. The normalized spacial score (nSPS) is 13.4. The zero-order valence-electron chi connectivity index (χ0n) is 9.43. The minimum absolute atomic E-state index is 0.400. The van der Waals surface area contributed by atoms with Crippen molar-refractivity contribution in [2.45, 2.75) is 45.8 Å². The Balaban J connectivity index is 3.07. The molecule has 1 aromatic rings. The molecule has 0 amide bonds. The van der Waals surface area contributed by atoms with E-state index in [-0.39, 0.29) is 0 Å². The summed E-state index contributed by atoms with van der Waals surface area (Å²) in [6.45, 7) is 13.9. The van der Waals surface area contributed by atoms with Crippen LogP contribution in [0.25, 0.3) is 0 Å². The van der Waals surface area contributed by atoms with Crippen LogP contribution in [0.15, 0.2) is 6.20 Å². The molecule has 1 heterocycles. The third-order valence-electron chi connectivity index (χ3n) is 3.03. The smallest absolute Gasteiger partial charge is 0.123 e. The summed E-state index contributed by atoms with van der Waals surface area (Å²) < 4.78 is 1.39. The zero-order chi connectivity index (χ0) is 10.3. The molecule has 0 unspecified atom stereocenters. The quantitative estimate of drug-likeness (QED) is 0.653. The van der Waals surface area contributed by atoms with Gasteiger partial charge in [-0.1, -0.05) is 33.9 Å². The molecule has 1 aromatic heterocycles. The molecule has 1 rings (SSSR count). The molecule has 0 fully saturated rings. The first-order chi connectivity index (χ1) is 5.75. The first kappa shape index (κ1) is 10.9. The predicted molar refractivity (Wildman–Crippen MR) is 63.7 cm³/mol. The van der Waals surface area contributed by atoms with Crippen molar-refractivity contribution >= 4 is 24.0 Å². The summed E-state index contributed by atoms with van der Waals surface area (Å²) in [5.41, 5.74) is 0. The second kappa shape index (κ2) is 3.21. The summed E-state index contributed by atoms with van der Waals surface area (Å²) >= 11 is 1.87. The number of thiazole rings is 1. The highest BCUT2D eigenvalue weighted by molar-refractivity contribution is 7.26. The van der Waals surface area contributed by atoms with Crippen LogP contribution in [-0.4, -0.2) is 13.1 Å². The average molecular weight is 213 g/mol. The van der Waals surface area contributed by atoms with Crippen LogP contribution in [0.3, 0.4) is 0 Å². The van der Waals surface area contributed by atoms with Gasteiger partial charge in [0, 0.05) is 11.1 Å². The van der Waals surface area contributed by atoms with Crippen molar-refractivity contribution in [2.75, 3.05) is 0 Å². The molecule has 13 heavy (non-hydrogen) atoms. The largest absolute Gasteiger partial charge is 0.255 e. The van der Waals surface area contributed by atoms with E-state index >= 15 is 0 Å². The van der Waals surface area contributed by atoms with Crippen molar-refractivity contribution in [3.63, 3.8) is 0 Å². The van der Waals surface area contributed by atoms with Gasteiger partial charge in [-0.15, -0.1) is 11.3 Å². The van der Waals surface area contributed by atoms with E-state index in [0.717, 1.165) is 0 Å². The van der Waals surface area contributed by atoms with E-state index in [1.807, 2.05) is 17.5 Å². The monoisotopic (exact) mass is 213 g/mol. The van der Waals surface area contributed by atoms with Crippen LogP contribution in [0.5, 0.6) is 0 Å². The number of nitrogens with zero attached hydrogens (tertiary/aromatic N) is 1. The number of aryl methyl sites for hydroxylation is 1. The van der Waals surface area contributed by atoms with Gasteiger partial charge >= 0.3 is 0 Å². The molecule has 0 spiro atoms. The fourth-order valence-electron chi connectivity index (χ4n) is 0.964. The summed E-state index contributed by atoms with van der Waals surface area (Å²) in [5.74, 6) is 0. The maximum atomic E-state index is 4.53. The van der Waals surface area contributed by atoms with Crippen LogP contribution in [0, 0.1) is 6.92 Å². The number of hydrogen-bond acceptors (Lipinski definition) is 2. The minimum atomic E-state index is -1.35. The molecule has 0 N–H and O–H groups in total. The lowest BCUT2D eigenvalue weighted by Crippen LogP contribution is -2.49. The summed E-state index contributed by atoms with van der Waals surface area (Å²) in [6.07, 6.45) is 2.00. The Bertz CT molecular complexity index is 296. The molecular formula is C10H19NSSi. The van der Waals surface area contributed by atoms with Crippen molar-refractivity contribution in [3.8, 4) is 0 Å². The Kier molecular flexibility index (Phi) is 2.70. The summed E-state index contributed by atoms with van der Waals surface area (Å²) in [4.78, 5) is 5.87. The van der Waals surface area contributed by atoms with Gasteiger partial charge < -0.3 is 0 Å². The van der Waals surface area contributed by atoms with Crippen LogP contribution < -0.4 is 4.63 Å². The van der Waals surface area contributed by atoms with Gasteiger partial charge in [0.05, 0.1) is 4.63 Å². The molecule has 0 saturated heterocycles. The van der Waals surface area contributed by atoms with Gasteiger partial charge in [0.15, 0.2) is 0 Å². The van der Waals surface area contributed by atoms with Crippen molar-refractivity contribution in [1.82, 2.24) is 4.98 Å². The van der Waals surface area contributed by atoms with Crippen molar-refractivity contribution in [2.24, 2.45) is 0 Å². The Morgan fingerprint density at radius 3 is 2.15 bits per heavy atom. The lowest BCUT2D eigenvalue weighted by Gasteiger charge is -2.34. The maximum absolute atomic E-state index is 4.53. The Labute approximate surface area is 86.2 Å². The Hall–Kier alpha value is -0.153. The topological polar surface area (TPSA) is 12.9 Å². The molecule has 0 aliphatic rings. The minimum Gasteiger partial charge on any atom is -0.255 e. The van der Waals surface area contributed by atoms with E-state index in [4.69, 9.17) is 0 Å². The van der Waals surface area contributed by atoms with Crippen molar-refractivity contribution < 1.29 is 0 Å². The SMILES string of the molecule is Cc1cnc([Si](C)(C)C(C)(C)C)s1. The summed E-state index contributed by atoms with van der Waals surface area (Å²) in [6, 6.07) is 0. The van der Waals surface area contributed by atoms with E-state index in [9.17, 15) is 0 Å². The van der Waals surface area contributed by atoms with Crippen molar-refractivity contribution in [1.29, 1.82) is 0 Å². The third-order valence-corrected chi connectivity index (χ3v) is 10.5. The molecule has 0 bridgehead atoms. The lowest BCUT2D eigenvalue weighted by molar-refractivity contribution is 0.729. The first-order valence-electron chi connectivity index (χ1n) is 4.68. The van der Waals surface area contributed by atoms with Gasteiger partial charge in [0.25, 0.3) is 0 Å². The molecule has 0 saturated carbocycles. The molecule has 1 nitrogen and oxygen atoms in total. The maximum Gasteiger partial charge on any atom is 0.123 e. The van der Waals surface area contributed by atoms with Gasteiger partial charge in [-0.2, -0.15) is 0 Å². The molecule has 3 heteroatoms. The first-order valence-corrected chi connectivity index (χ1v) is 8.50. The molecule has 74 valence electrons. The van der Waals surface area contributed by atoms with Gasteiger partial charge in [0.1, 0.15) is 8.07 Å². The Morgan fingerprint density at radius 1 is 1.31 bits per heavy atom. The van der Waals surface area contributed by atoms with E-state index < -0.39 is 8.07 Å². The van der Waals surface area contributed by atoms with E-state index in [2.05, 4.69) is 45.8 Å². The molecule has 0 aromatic carbocycles. The highest BCUT2D eigenvalue weighted by Gasteiger charge is 2.39. The van der Waals surface area contributed by atoms with Crippen LogP contribution in [0.4, 0.5) is 0 Å². The zero-order valence-corrected chi connectivity index (χ0v) is 11.2. The van der Waals surface area contributed by atoms with Crippen LogP contribution in [-0.2, 0) is 0 Å². The van der Waals surface area contributed by atoms with Crippen LogP contribution in [0.1, 0.15) is 25.6 Å². The summed E-state index contributed by atoms with van der Waals surface area (Å²) in [5, 5.41) is 0.400. The van der Waals surface area contributed by atoms with Gasteiger partial charge in [-0.05, 0) is 12.0 Å². The van der Waals surface area contributed by atoms with E-state index in [0.29, 0.717) is 5.04 Å². The molecule has 0 atom stereocenters. The fraction of sp³-hybridized carbons (Fsp3) is 0.700. The third kappa shape index (κ3) is 2.02. The van der Waals surface area contributed by atoms with Crippen molar-refractivity contribution in [3.05, 3.63) is 11.1 Å². The second-order valence-corrected chi connectivity index (χ2v) is 12.0. The van der Waals surface area contributed by atoms with Crippen LogP contribution >= 0.6 is 11.3 Å². The highest BCUT2D eigenvalue weighted by Crippen LogP contribution is 2.36. The number of rotatable bonds is 1. The number of aromatic nitrogens is 1.